The van der Waals surface area contributed by atoms with E-state index in [0.29, 0.717) is 16.7 Å². The first-order chi connectivity index (χ1) is 10.5. The Bertz CT molecular complexity index is 729. The maximum absolute atomic E-state index is 12.0. The number of carboxylic acid groups (broad SMARTS) is 1. The zero-order valence-electron chi connectivity index (χ0n) is 11.6. The summed E-state index contributed by atoms with van der Waals surface area (Å²) in [5.74, 6) is -1.65. The highest BCUT2D eigenvalue weighted by Gasteiger charge is 2.04. The van der Waals surface area contributed by atoms with E-state index in [1.54, 1.807) is 30.3 Å². The number of aliphatic carboxylic acids is 1. The highest BCUT2D eigenvalue weighted by molar-refractivity contribution is 6.06. The summed E-state index contributed by atoms with van der Waals surface area (Å²) in [4.78, 5) is 22.6. The number of aromatic hydroxyl groups is 2. The molecular formula is C17H14O5. The second-order valence-corrected chi connectivity index (χ2v) is 4.71. The van der Waals surface area contributed by atoms with Crippen molar-refractivity contribution < 1.29 is 24.9 Å². The number of benzene rings is 2. The van der Waals surface area contributed by atoms with Crippen molar-refractivity contribution in [2.24, 2.45) is 0 Å². The van der Waals surface area contributed by atoms with Crippen molar-refractivity contribution in [3.63, 3.8) is 0 Å². The third kappa shape index (κ3) is 3.96. The topological polar surface area (TPSA) is 94.8 Å². The Hall–Kier alpha value is -3.08. The van der Waals surface area contributed by atoms with Crippen molar-refractivity contribution in [3.8, 4) is 11.5 Å². The highest BCUT2D eigenvalue weighted by Crippen LogP contribution is 2.25. The van der Waals surface area contributed by atoms with Gasteiger partial charge >= 0.3 is 5.97 Å². The van der Waals surface area contributed by atoms with E-state index in [1.807, 2.05) is 0 Å². The molecule has 0 aliphatic heterocycles. The number of carbonyl (C=O) groups is 2. The summed E-state index contributed by atoms with van der Waals surface area (Å²) < 4.78 is 0. The van der Waals surface area contributed by atoms with Crippen molar-refractivity contribution in [1.29, 1.82) is 0 Å². The highest BCUT2D eigenvalue weighted by atomic mass is 16.4. The van der Waals surface area contributed by atoms with E-state index in [9.17, 15) is 19.8 Å². The molecule has 5 heteroatoms. The Morgan fingerprint density at radius 3 is 2.23 bits per heavy atom. The Morgan fingerprint density at radius 2 is 1.64 bits per heavy atom. The molecule has 3 N–H and O–H groups in total. The minimum atomic E-state index is -0.925. The van der Waals surface area contributed by atoms with Gasteiger partial charge in [-0.05, 0) is 29.3 Å². The monoisotopic (exact) mass is 298 g/mol. The molecule has 0 aromatic heterocycles. The van der Waals surface area contributed by atoms with Crippen LogP contribution in [0.1, 0.15) is 21.5 Å². The van der Waals surface area contributed by atoms with Gasteiger partial charge in [0, 0.05) is 5.56 Å². The zero-order valence-corrected chi connectivity index (χ0v) is 11.6. The molecule has 2 aromatic rings. The first-order valence-corrected chi connectivity index (χ1v) is 6.51. The van der Waals surface area contributed by atoms with Crippen molar-refractivity contribution in [2.75, 3.05) is 0 Å². The maximum Gasteiger partial charge on any atom is 0.307 e. The summed E-state index contributed by atoms with van der Waals surface area (Å²) in [6.07, 6.45) is 2.78. The lowest BCUT2D eigenvalue weighted by atomic mass is 10.1. The van der Waals surface area contributed by atoms with Crippen LogP contribution in [0.2, 0.25) is 0 Å². The molecule has 0 saturated carbocycles. The van der Waals surface area contributed by atoms with Gasteiger partial charge in [-0.25, -0.2) is 0 Å². The zero-order chi connectivity index (χ0) is 16.1. The SMILES string of the molecule is O=C(O)Cc1ccc(C(=O)C=Cc2ccc(O)c(O)c2)cc1. The first-order valence-electron chi connectivity index (χ1n) is 6.51. The maximum atomic E-state index is 12.0. The number of hydrogen-bond donors (Lipinski definition) is 3. The summed E-state index contributed by atoms with van der Waals surface area (Å²) >= 11 is 0. The van der Waals surface area contributed by atoms with Gasteiger partial charge in [-0.3, -0.25) is 9.59 Å². The van der Waals surface area contributed by atoms with Crippen LogP contribution in [0.15, 0.2) is 48.5 Å². The molecule has 5 nitrogen and oxygen atoms in total. The second kappa shape index (κ2) is 6.58. The predicted molar refractivity (Wildman–Crippen MR) is 80.9 cm³/mol. The lowest BCUT2D eigenvalue weighted by Gasteiger charge is -2.00. The second-order valence-electron chi connectivity index (χ2n) is 4.71. The molecule has 0 aliphatic carbocycles. The van der Waals surface area contributed by atoms with Crippen LogP contribution in [-0.2, 0) is 11.2 Å². The largest absolute Gasteiger partial charge is 0.504 e. The molecule has 0 unspecified atom stereocenters. The average molecular weight is 298 g/mol. The summed E-state index contributed by atoms with van der Waals surface area (Å²) in [7, 11) is 0. The number of allylic oxidation sites excluding steroid dienone is 1. The Kier molecular flexibility index (Phi) is 4.58. The van der Waals surface area contributed by atoms with Crippen LogP contribution >= 0.6 is 0 Å². The summed E-state index contributed by atoms with van der Waals surface area (Å²) in [5.41, 5.74) is 1.64. The summed E-state index contributed by atoms with van der Waals surface area (Å²) in [6.45, 7) is 0. The molecule has 0 heterocycles. The van der Waals surface area contributed by atoms with E-state index in [4.69, 9.17) is 5.11 Å². The molecule has 0 radical (unpaired) electrons. The number of rotatable bonds is 5. The van der Waals surface area contributed by atoms with Crippen LogP contribution in [0.3, 0.4) is 0 Å². The Balaban J connectivity index is 2.09. The van der Waals surface area contributed by atoms with Gasteiger partial charge in [-0.15, -0.1) is 0 Å². The lowest BCUT2D eigenvalue weighted by molar-refractivity contribution is -0.136. The normalized spacial score (nSPS) is 10.7. The van der Waals surface area contributed by atoms with E-state index in [1.165, 1.54) is 24.3 Å². The van der Waals surface area contributed by atoms with Gasteiger partial charge in [-0.2, -0.15) is 0 Å². The van der Waals surface area contributed by atoms with Crippen molar-refractivity contribution >= 4 is 17.8 Å². The molecule has 0 fully saturated rings. The molecule has 22 heavy (non-hydrogen) atoms. The fourth-order valence-corrected chi connectivity index (χ4v) is 1.87. The molecule has 2 aromatic carbocycles. The van der Waals surface area contributed by atoms with Crippen LogP contribution in [0.4, 0.5) is 0 Å². The van der Waals surface area contributed by atoms with Crippen LogP contribution in [0.5, 0.6) is 11.5 Å². The van der Waals surface area contributed by atoms with E-state index in [-0.39, 0.29) is 23.7 Å². The van der Waals surface area contributed by atoms with Crippen molar-refractivity contribution in [1.82, 2.24) is 0 Å². The smallest absolute Gasteiger partial charge is 0.307 e. The van der Waals surface area contributed by atoms with Crippen molar-refractivity contribution in [2.45, 2.75) is 6.42 Å². The van der Waals surface area contributed by atoms with Gasteiger partial charge in [0.05, 0.1) is 6.42 Å². The summed E-state index contributed by atoms with van der Waals surface area (Å²) in [5, 5.41) is 27.3. The van der Waals surface area contributed by atoms with Crippen LogP contribution in [0, 0.1) is 0 Å². The fraction of sp³-hybridized carbons (Fsp3) is 0.0588. The molecule has 112 valence electrons. The third-order valence-electron chi connectivity index (χ3n) is 3.02. The van der Waals surface area contributed by atoms with E-state index >= 15 is 0 Å². The number of hydrogen-bond acceptors (Lipinski definition) is 4. The number of phenols is 2. The average Bonchev–Trinajstić information content (AvgIpc) is 2.48. The number of carboxylic acids is 1. The molecular weight excluding hydrogens is 284 g/mol. The number of ketones is 1. The van der Waals surface area contributed by atoms with Crippen LogP contribution in [0.25, 0.3) is 6.08 Å². The first kappa shape index (κ1) is 15.3. The van der Waals surface area contributed by atoms with Crippen LogP contribution in [-0.4, -0.2) is 27.1 Å². The standard InChI is InChI=1S/C17H14O5/c18-14(7-3-11-4-8-15(19)16(20)9-11)13-5-1-12(2-6-13)10-17(21)22/h1-9,19-20H,10H2,(H,21,22). The van der Waals surface area contributed by atoms with Gasteiger partial charge in [0.2, 0.25) is 0 Å². The molecule has 0 bridgehead atoms. The molecule has 0 amide bonds. The van der Waals surface area contributed by atoms with Crippen LogP contribution < -0.4 is 0 Å². The quantitative estimate of drug-likeness (QED) is 0.448. The lowest BCUT2D eigenvalue weighted by Crippen LogP contribution is -2.01. The van der Waals surface area contributed by atoms with E-state index in [0.717, 1.165) is 0 Å². The van der Waals surface area contributed by atoms with Gasteiger partial charge in [-0.1, -0.05) is 36.4 Å². The van der Waals surface area contributed by atoms with Gasteiger partial charge in [0.1, 0.15) is 0 Å². The van der Waals surface area contributed by atoms with Gasteiger partial charge in [0.25, 0.3) is 0 Å². The number of carbonyl (C=O) groups excluding carboxylic acids is 1. The third-order valence-corrected chi connectivity index (χ3v) is 3.02. The fourth-order valence-electron chi connectivity index (χ4n) is 1.87. The number of phenolic OH excluding ortho intramolecular Hbond substituents is 2. The van der Waals surface area contributed by atoms with E-state index in [2.05, 4.69) is 0 Å². The minimum absolute atomic E-state index is 0.0862. The van der Waals surface area contributed by atoms with E-state index < -0.39 is 5.97 Å². The Labute approximate surface area is 126 Å². The van der Waals surface area contributed by atoms with Gasteiger partial charge in [0.15, 0.2) is 17.3 Å². The Morgan fingerprint density at radius 1 is 0.955 bits per heavy atom. The predicted octanol–water partition coefficient (Wildman–Crippen LogP) is 2.62. The molecule has 0 saturated heterocycles. The molecule has 0 atom stereocenters. The minimum Gasteiger partial charge on any atom is -0.504 e. The summed E-state index contributed by atoms with van der Waals surface area (Å²) in [6, 6.07) is 10.6. The van der Waals surface area contributed by atoms with Crippen molar-refractivity contribution in [3.05, 3.63) is 65.2 Å². The van der Waals surface area contributed by atoms with Gasteiger partial charge < -0.3 is 15.3 Å². The molecule has 2 rings (SSSR count). The molecule has 0 aliphatic rings. The molecule has 0 spiro atoms.